The number of hydrogen-bond donors (Lipinski definition) is 0. The lowest BCUT2D eigenvalue weighted by molar-refractivity contribution is 0.669. The first-order valence-corrected chi connectivity index (χ1v) is 21.2. The Bertz CT molecular complexity index is 3630. The molecule has 0 radical (unpaired) electrons. The van der Waals surface area contributed by atoms with Crippen LogP contribution in [0.5, 0.6) is 0 Å². The summed E-state index contributed by atoms with van der Waals surface area (Å²) < 4.78 is 6.28. The predicted molar refractivity (Wildman–Crippen MR) is 263 cm³/mol. The Morgan fingerprint density at radius 1 is 0.258 bits per heavy atom. The van der Waals surface area contributed by atoms with Gasteiger partial charge in [-0.3, -0.25) is 0 Å². The summed E-state index contributed by atoms with van der Waals surface area (Å²) in [5.41, 5.74) is 14.4. The van der Waals surface area contributed by atoms with Crippen LogP contribution in [-0.2, 0) is 0 Å². The third kappa shape index (κ3) is 6.20. The number of rotatable bonds is 7. The van der Waals surface area contributed by atoms with Crippen molar-refractivity contribution in [1.82, 2.24) is 0 Å². The van der Waals surface area contributed by atoms with E-state index in [1.54, 1.807) is 0 Å². The van der Waals surface area contributed by atoms with E-state index in [4.69, 9.17) is 4.42 Å². The van der Waals surface area contributed by atoms with Crippen molar-refractivity contribution in [3.05, 3.63) is 237 Å². The van der Waals surface area contributed by atoms with Crippen molar-refractivity contribution in [2.45, 2.75) is 0 Å². The first-order chi connectivity index (χ1) is 30.7. The van der Waals surface area contributed by atoms with Gasteiger partial charge in [-0.25, -0.2) is 0 Å². The fraction of sp³-hybridized carbons (Fsp3) is 0. The van der Waals surface area contributed by atoms with E-state index in [-0.39, 0.29) is 0 Å². The lowest BCUT2D eigenvalue weighted by atomic mass is 9.94. The van der Waals surface area contributed by atoms with Gasteiger partial charge in [0.2, 0.25) is 0 Å². The van der Waals surface area contributed by atoms with Crippen molar-refractivity contribution in [3.63, 3.8) is 0 Å². The summed E-state index contributed by atoms with van der Waals surface area (Å²) in [5, 5.41) is 9.83. The average molecular weight is 790 g/mol. The van der Waals surface area contributed by atoms with Gasteiger partial charge in [0.1, 0.15) is 11.2 Å². The Morgan fingerprint density at radius 3 is 1.53 bits per heavy atom. The predicted octanol–water partition coefficient (Wildman–Crippen LogP) is 17.2. The maximum atomic E-state index is 6.28. The van der Waals surface area contributed by atoms with Crippen molar-refractivity contribution in [2.24, 2.45) is 0 Å². The van der Waals surface area contributed by atoms with Crippen molar-refractivity contribution in [3.8, 4) is 44.5 Å². The van der Waals surface area contributed by atoms with Gasteiger partial charge in [0.15, 0.2) is 0 Å². The van der Waals surface area contributed by atoms with Crippen molar-refractivity contribution in [2.75, 3.05) is 4.90 Å². The SMILES string of the molecule is c1cc(-c2ccccc2N(c2ccc(-c3ccc4c(ccc5ccccc54)c3)cc2)c2ccc(-c3ccc4c(c3)oc3ccccc34)cc2)cc(-c2cccc3ccccc23)c1. The molecule has 0 atom stereocenters. The molecular formula is C60H39NO. The van der Waals surface area contributed by atoms with Gasteiger partial charge in [-0.1, -0.05) is 176 Å². The maximum Gasteiger partial charge on any atom is 0.136 e. The third-order valence-electron chi connectivity index (χ3n) is 12.5. The lowest BCUT2D eigenvalue weighted by Crippen LogP contribution is -2.11. The Balaban J connectivity index is 0.960. The molecule has 2 heteroatoms. The molecular weight excluding hydrogens is 751 g/mol. The van der Waals surface area contributed by atoms with E-state index in [1.165, 1.54) is 54.6 Å². The van der Waals surface area contributed by atoms with Crippen LogP contribution < -0.4 is 4.90 Å². The number of fused-ring (bicyclic) bond motifs is 7. The number of anilines is 3. The first-order valence-electron chi connectivity index (χ1n) is 21.2. The molecule has 0 amide bonds. The number of para-hydroxylation sites is 2. The standard InChI is InChI=1S/C60H39NO/c1-3-16-51-42(11-1)13-10-20-53(51)46-14-9-15-47(38-46)55-18-5-7-21-58(55)61(50-33-27-41(28-34-50)45-30-36-57-56-19-6-8-22-59(56)62-60(57)39-45)49-31-25-40(26-32-49)44-29-35-54-48(37-44)24-23-43-12-2-4-17-52(43)54/h1-39H. The molecule has 290 valence electrons. The Morgan fingerprint density at radius 2 is 0.758 bits per heavy atom. The monoisotopic (exact) mass is 789 g/mol. The lowest BCUT2D eigenvalue weighted by Gasteiger charge is -2.28. The molecule has 62 heavy (non-hydrogen) atoms. The minimum atomic E-state index is 0.897. The summed E-state index contributed by atoms with van der Waals surface area (Å²) in [6, 6.07) is 85.6. The van der Waals surface area contributed by atoms with Crippen molar-refractivity contribution >= 4 is 71.3 Å². The molecule has 0 aliphatic carbocycles. The van der Waals surface area contributed by atoms with Gasteiger partial charge in [-0.15, -0.1) is 0 Å². The van der Waals surface area contributed by atoms with Crippen molar-refractivity contribution in [1.29, 1.82) is 0 Å². The van der Waals surface area contributed by atoms with Crippen LogP contribution in [0.25, 0.3) is 98.8 Å². The molecule has 0 aliphatic heterocycles. The minimum absolute atomic E-state index is 0.897. The van der Waals surface area contributed by atoms with E-state index < -0.39 is 0 Å². The summed E-state index contributed by atoms with van der Waals surface area (Å²) >= 11 is 0. The van der Waals surface area contributed by atoms with Gasteiger partial charge in [-0.2, -0.15) is 0 Å². The molecule has 0 spiro atoms. The van der Waals surface area contributed by atoms with Gasteiger partial charge in [0, 0.05) is 27.7 Å². The van der Waals surface area contributed by atoms with E-state index in [0.717, 1.165) is 61.3 Å². The second-order valence-corrected chi connectivity index (χ2v) is 16.1. The summed E-state index contributed by atoms with van der Waals surface area (Å²) in [4.78, 5) is 2.39. The van der Waals surface area contributed by atoms with E-state index in [1.807, 2.05) is 12.1 Å². The second kappa shape index (κ2) is 14.8. The molecule has 1 heterocycles. The van der Waals surface area contributed by atoms with Crippen LogP contribution in [0.15, 0.2) is 241 Å². The summed E-state index contributed by atoms with van der Waals surface area (Å²) in [6.45, 7) is 0. The van der Waals surface area contributed by atoms with Crippen LogP contribution >= 0.6 is 0 Å². The fourth-order valence-electron chi connectivity index (χ4n) is 9.38. The molecule has 0 aliphatic rings. The molecule has 12 rings (SSSR count). The van der Waals surface area contributed by atoms with E-state index in [9.17, 15) is 0 Å². The number of furan rings is 1. The molecule has 0 saturated carbocycles. The van der Waals surface area contributed by atoms with Crippen LogP contribution in [0, 0.1) is 0 Å². The summed E-state index contributed by atoms with van der Waals surface area (Å²) in [7, 11) is 0. The highest BCUT2D eigenvalue weighted by atomic mass is 16.3. The first kappa shape index (κ1) is 35.7. The number of hydrogen-bond acceptors (Lipinski definition) is 2. The zero-order valence-electron chi connectivity index (χ0n) is 33.9. The topological polar surface area (TPSA) is 16.4 Å². The highest BCUT2D eigenvalue weighted by Crippen LogP contribution is 2.43. The number of benzene rings is 11. The largest absolute Gasteiger partial charge is 0.456 e. The highest BCUT2D eigenvalue weighted by Gasteiger charge is 2.19. The van der Waals surface area contributed by atoms with E-state index >= 15 is 0 Å². The van der Waals surface area contributed by atoms with E-state index in [0.29, 0.717) is 0 Å². The van der Waals surface area contributed by atoms with Crippen LogP contribution in [0.3, 0.4) is 0 Å². The van der Waals surface area contributed by atoms with Gasteiger partial charge < -0.3 is 9.32 Å². The van der Waals surface area contributed by atoms with Crippen LogP contribution in [0.1, 0.15) is 0 Å². The van der Waals surface area contributed by atoms with Crippen molar-refractivity contribution < 1.29 is 4.42 Å². The van der Waals surface area contributed by atoms with Gasteiger partial charge in [0.25, 0.3) is 0 Å². The number of nitrogens with zero attached hydrogens (tertiary/aromatic N) is 1. The third-order valence-corrected chi connectivity index (χ3v) is 12.5. The molecule has 12 aromatic rings. The smallest absolute Gasteiger partial charge is 0.136 e. The quantitative estimate of drug-likeness (QED) is 0.150. The zero-order chi connectivity index (χ0) is 41.0. The molecule has 1 aromatic heterocycles. The average Bonchev–Trinajstić information content (AvgIpc) is 3.72. The molecule has 0 N–H and O–H groups in total. The molecule has 2 nitrogen and oxygen atoms in total. The minimum Gasteiger partial charge on any atom is -0.456 e. The highest BCUT2D eigenvalue weighted by molar-refractivity contribution is 6.09. The Hall–Kier alpha value is -8.20. The van der Waals surface area contributed by atoms with Gasteiger partial charge in [-0.05, 0) is 132 Å². The maximum absolute atomic E-state index is 6.28. The van der Waals surface area contributed by atoms with Gasteiger partial charge in [0.05, 0.1) is 5.69 Å². The van der Waals surface area contributed by atoms with Crippen LogP contribution in [-0.4, -0.2) is 0 Å². The van der Waals surface area contributed by atoms with Crippen LogP contribution in [0.4, 0.5) is 17.1 Å². The molecule has 0 saturated heterocycles. The van der Waals surface area contributed by atoms with E-state index in [2.05, 4.69) is 229 Å². The summed E-state index contributed by atoms with van der Waals surface area (Å²) in [6.07, 6.45) is 0. The van der Waals surface area contributed by atoms with Crippen LogP contribution in [0.2, 0.25) is 0 Å². The second-order valence-electron chi connectivity index (χ2n) is 16.1. The fourth-order valence-corrected chi connectivity index (χ4v) is 9.38. The molecule has 0 bridgehead atoms. The Labute approximate surface area is 360 Å². The normalized spacial score (nSPS) is 11.5. The molecule has 0 fully saturated rings. The molecule has 0 unspecified atom stereocenters. The zero-order valence-corrected chi connectivity index (χ0v) is 33.9. The Kier molecular flexibility index (Phi) is 8.53. The molecule has 11 aromatic carbocycles. The van der Waals surface area contributed by atoms with Gasteiger partial charge >= 0.3 is 0 Å². The summed E-state index contributed by atoms with van der Waals surface area (Å²) in [5.74, 6) is 0.